The number of nitrogens with zero attached hydrogens (tertiary/aromatic N) is 2. The van der Waals surface area contributed by atoms with E-state index in [4.69, 9.17) is 4.98 Å². The maximum atomic E-state index is 13.3. The molecule has 3 rings (SSSR count). The minimum atomic E-state index is -4.47. The number of aromatic amines is 1. The molecule has 0 saturated carbocycles. The van der Waals surface area contributed by atoms with Crippen molar-refractivity contribution in [3.05, 3.63) is 52.1 Å². The summed E-state index contributed by atoms with van der Waals surface area (Å²) in [7, 11) is -4.47. The molecular formula is C25H33F3N4O4S. The highest BCUT2D eigenvalue weighted by Crippen LogP contribution is 2.39. The molecule has 1 unspecified atom stereocenters. The number of carbonyl (C=O) groups is 1. The predicted octanol–water partition coefficient (Wildman–Crippen LogP) is 4.74. The lowest BCUT2D eigenvalue weighted by molar-refractivity contribution is -0.135. The maximum Gasteiger partial charge on any atom is 0.389 e. The third kappa shape index (κ3) is 6.91. The van der Waals surface area contributed by atoms with Gasteiger partial charge in [0.2, 0.25) is 0 Å². The van der Waals surface area contributed by atoms with Gasteiger partial charge in [-0.15, -0.1) is 0 Å². The van der Waals surface area contributed by atoms with E-state index in [0.717, 1.165) is 12.5 Å². The van der Waals surface area contributed by atoms with E-state index in [9.17, 15) is 31.2 Å². The number of anilines is 1. The van der Waals surface area contributed by atoms with Crippen molar-refractivity contribution in [3.8, 4) is 0 Å². The van der Waals surface area contributed by atoms with Crippen LogP contribution in [0.25, 0.3) is 0 Å². The molecule has 1 saturated heterocycles. The van der Waals surface area contributed by atoms with E-state index in [2.05, 4.69) is 11.9 Å². The van der Waals surface area contributed by atoms with Crippen LogP contribution in [0.5, 0.6) is 0 Å². The summed E-state index contributed by atoms with van der Waals surface area (Å²) in [5.41, 5.74) is -0.704. The monoisotopic (exact) mass is 542 g/mol. The Morgan fingerprint density at radius 3 is 2.57 bits per heavy atom. The highest BCUT2D eigenvalue weighted by molar-refractivity contribution is 7.90. The van der Waals surface area contributed by atoms with Crippen LogP contribution in [0.1, 0.15) is 81.8 Å². The molecule has 0 bridgehead atoms. The molecule has 0 spiro atoms. The van der Waals surface area contributed by atoms with Crippen LogP contribution in [0.2, 0.25) is 0 Å². The summed E-state index contributed by atoms with van der Waals surface area (Å²) < 4.78 is 65.6. The van der Waals surface area contributed by atoms with E-state index in [1.807, 2.05) is 30.4 Å². The second-order valence-electron chi connectivity index (χ2n) is 10.3. The zero-order valence-electron chi connectivity index (χ0n) is 21.4. The first-order chi connectivity index (χ1) is 17.1. The maximum absolute atomic E-state index is 13.3. The Kier molecular flexibility index (Phi) is 8.40. The van der Waals surface area contributed by atoms with E-state index in [-0.39, 0.29) is 36.1 Å². The van der Waals surface area contributed by atoms with Crippen LogP contribution in [-0.2, 0) is 10.0 Å². The third-order valence-electron chi connectivity index (χ3n) is 6.69. The smallest absolute Gasteiger partial charge is 0.351 e. The lowest BCUT2D eigenvalue weighted by atomic mass is 9.94. The zero-order valence-corrected chi connectivity index (χ0v) is 22.2. The molecule has 0 aromatic carbocycles. The van der Waals surface area contributed by atoms with Crippen molar-refractivity contribution >= 4 is 21.7 Å². The van der Waals surface area contributed by atoms with Crippen LogP contribution in [0, 0.1) is 5.92 Å². The lowest BCUT2D eigenvalue weighted by Gasteiger charge is -2.34. The van der Waals surface area contributed by atoms with Gasteiger partial charge in [0.15, 0.2) is 4.90 Å². The fourth-order valence-electron chi connectivity index (χ4n) is 4.99. The molecule has 1 amide bonds. The molecule has 37 heavy (non-hydrogen) atoms. The Bertz CT molecular complexity index is 1290. The highest BCUT2D eigenvalue weighted by Gasteiger charge is 2.39. The highest BCUT2D eigenvalue weighted by atomic mass is 32.2. The van der Waals surface area contributed by atoms with Gasteiger partial charge in [-0.3, -0.25) is 9.59 Å². The van der Waals surface area contributed by atoms with Gasteiger partial charge >= 0.3 is 6.18 Å². The molecule has 3 heterocycles. The molecule has 0 radical (unpaired) electrons. The Labute approximate surface area is 214 Å². The zero-order chi connectivity index (χ0) is 27.6. The van der Waals surface area contributed by atoms with Crippen molar-refractivity contribution in [3.63, 3.8) is 0 Å². The Balaban J connectivity index is 1.99. The summed E-state index contributed by atoms with van der Waals surface area (Å²) in [6, 6.07) is 5.45. The second-order valence-corrected chi connectivity index (χ2v) is 11.9. The predicted molar refractivity (Wildman–Crippen MR) is 134 cm³/mol. The molecule has 2 atom stereocenters. The number of rotatable bonds is 9. The topological polar surface area (TPSA) is 112 Å². The van der Waals surface area contributed by atoms with Gasteiger partial charge in [-0.05, 0) is 69.7 Å². The minimum Gasteiger partial charge on any atom is -0.351 e. The van der Waals surface area contributed by atoms with Crippen molar-refractivity contribution in [2.75, 3.05) is 11.4 Å². The van der Waals surface area contributed by atoms with Crippen molar-refractivity contribution in [1.29, 1.82) is 0 Å². The summed E-state index contributed by atoms with van der Waals surface area (Å²) in [5.74, 6) is -0.654. The fourth-order valence-corrected chi connectivity index (χ4v) is 6.02. The number of halogens is 3. The Morgan fingerprint density at radius 2 is 2.00 bits per heavy atom. The first kappa shape index (κ1) is 28.7. The summed E-state index contributed by atoms with van der Waals surface area (Å²) in [6.07, 6.45) is -2.25. The Hall–Kier alpha value is -2.89. The normalized spacial score (nSPS) is 18.6. The van der Waals surface area contributed by atoms with Gasteiger partial charge in [-0.25, -0.2) is 18.1 Å². The van der Waals surface area contributed by atoms with Gasteiger partial charge in [0, 0.05) is 36.3 Å². The van der Waals surface area contributed by atoms with Gasteiger partial charge in [0.25, 0.3) is 21.5 Å². The van der Waals surface area contributed by atoms with Crippen LogP contribution in [0.3, 0.4) is 0 Å². The van der Waals surface area contributed by atoms with Crippen molar-refractivity contribution < 1.29 is 26.4 Å². The van der Waals surface area contributed by atoms with Crippen LogP contribution in [0.15, 0.2) is 40.2 Å². The number of alkyl halides is 3. The van der Waals surface area contributed by atoms with Gasteiger partial charge in [-0.1, -0.05) is 13.8 Å². The van der Waals surface area contributed by atoms with Crippen molar-refractivity contribution in [1.82, 2.24) is 14.7 Å². The van der Waals surface area contributed by atoms with Crippen LogP contribution >= 0.6 is 0 Å². The number of nitrogens with one attached hydrogen (secondary N) is 2. The first-order valence-corrected chi connectivity index (χ1v) is 13.7. The second kappa shape index (κ2) is 10.8. The average molecular weight is 543 g/mol. The van der Waals surface area contributed by atoms with Crippen LogP contribution in [0.4, 0.5) is 19.0 Å². The van der Waals surface area contributed by atoms with E-state index >= 15 is 0 Å². The molecule has 204 valence electrons. The number of amides is 1. The number of hydrogen-bond donors (Lipinski definition) is 2. The largest absolute Gasteiger partial charge is 0.389 e. The molecule has 2 aromatic heterocycles. The number of H-pyrrole nitrogens is 1. The quantitative estimate of drug-likeness (QED) is 0.474. The molecule has 0 aliphatic carbocycles. The van der Waals surface area contributed by atoms with Gasteiger partial charge in [0.05, 0.1) is 5.56 Å². The van der Waals surface area contributed by atoms with E-state index in [1.54, 1.807) is 6.07 Å². The van der Waals surface area contributed by atoms with Gasteiger partial charge in [0.1, 0.15) is 5.82 Å². The van der Waals surface area contributed by atoms with E-state index in [1.165, 1.54) is 18.3 Å². The minimum absolute atomic E-state index is 0.00649. The standard InChI is InChI=1S/C25H33F3N4O4S/c1-5-17(8-6-12-25(26,27)28)19-11-10-18(21(30-19)32-15-16(2)14-24(32,3)4)22(33)31-37(35,36)20-9-7-13-29-23(20)34/h7,9-11,13,16-17H,5-6,8,12,14-15H2,1-4H3,(H,29,34)(H,31,33)/t16-,17?/m0/s1. The molecule has 2 N–H and O–H groups in total. The Morgan fingerprint density at radius 1 is 1.30 bits per heavy atom. The number of pyridine rings is 2. The summed E-state index contributed by atoms with van der Waals surface area (Å²) in [5, 5.41) is 0. The SMILES string of the molecule is CCC(CCCC(F)(F)F)c1ccc(C(=O)NS(=O)(=O)c2ccc[nH]c2=O)c(N2C[C@@H](C)CC2(C)C)n1. The molecule has 1 fully saturated rings. The number of hydrogen-bond acceptors (Lipinski definition) is 6. The molecule has 8 nitrogen and oxygen atoms in total. The summed E-state index contributed by atoms with van der Waals surface area (Å²) in [4.78, 5) is 33.6. The summed E-state index contributed by atoms with van der Waals surface area (Å²) in [6.45, 7) is 8.48. The van der Waals surface area contributed by atoms with Crippen molar-refractivity contribution in [2.45, 2.75) is 82.3 Å². The van der Waals surface area contributed by atoms with Crippen molar-refractivity contribution in [2.24, 2.45) is 5.92 Å². The van der Waals surface area contributed by atoms with E-state index < -0.39 is 44.5 Å². The molecule has 1 aliphatic heterocycles. The molecule has 1 aliphatic rings. The number of sulfonamides is 1. The fraction of sp³-hybridized carbons (Fsp3) is 0.560. The molecular weight excluding hydrogens is 509 g/mol. The average Bonchev–Trinajstić information content (AvgIpc) is 3.07. The van der Waals surface area contributed by atoms with Gasteiger partial charge in [-0.2, -0.15) is 13.2 Å². The lowest BCUT2D eigenvalue weighted by Crippen LogP contribution is -2.41. The van der Waals surface area contributed by atoms with Gasteiger partial charge < -0.3 is 9.88 Å². The summed E-state index contributed by atoms with van der Waals surface area (Å²) >= 11 is 0. The third-order valence-corrected chi connectivity index (χ3v) is 8.05. The number of carbonyl (C=O) groups excluding carboxylic acids is 1. The van der Waals surface area contributed by atoms with E-state index in [0.29, 0.717) is 18.7 Å². The van der Waals surface area contributed by atoms with Crippen LogP contribution in [-0.4, -0.2) is 42.6 Å². The first-order valence-electron chi connectivity index (χ1n) is 12.2. The molecule has 2 aromatic rings. The molecule has 12 heteroatoms. The number of aromatic nitrogens is 2. The van der Waals surface area contributed by atoms with Crippen LogP contribution < -0.4 is 15.2 Å².